The van der Waals surface area contributed by atoms with Gasteiger partial charge >= 0.3 is 35.2 Å². The predicted molar refractivity (Wildman–Crippen MR) is 83.9 cm³/mol. The molecule has 0 bridgehead atoms. The molecule has 0 aromatic rings. The Morgan fingerprint density at radius 1 is 0.632 bits per heavy atom. The van der Waals surface area contributed by atoms with Gasteiger partial charge < -0.3 is 25.6 Å². The lowest BCUT2D eigenvalue weighted by Gasteiger charge is -2.37. The highest BCUT2D eigenvalue weighted by molar-refractivity contribution is 6.85. The molecule has 0 amide bonds. The van der Waals surface area contributed by atoms with Crippen molar-refractivity contribution in [2.75, 3.05) is 21.3 Å². The first-order valence-electron chi connectivity index (χ1n) is 6.16. The Hall–Kier alpha value is 0.628. The van der Waals surface area contributed by atoms with Crippen molar-refractivity contribution in [2.45, 2.75) is 39.3 Å². The molecule has 0 atom stereocenters. The van der Waals surface area contributed by atoms with Crippen LogP contribution in [0.4, 0.5) is 0 Å². The molecule has 10 heteroatoms. The first kappa shape index (κ1) is 19.6. The van der Waals surface area contributed by atoms with E-state index in [1.807, 2.05) is 39.3 Å². The van der Waals surface area contributed by atoms with Crippen molar-refractivity contribution < 1.29 is 25.6 Å². The lowest BCUT2D eigenvalue weighted by atomic mass is 11.8. The van der Waals surface area contributed by atoms with Crippen molar-refractivity contribution in [1.29, 1.82) is 0 Å². The molecule has 116 valence electrons. The van der Waals surface area contributed by atoms with E-state index in [1.165, 1.54) is 0 Å². The fraction of sp³-hybridized carbons (Fsp3) is 1.00. The lowest BCUT2D eigenvalue weighted by molar-refractivity contribution is 0.179. The van der Waals surface area contributed by atoms with Gasteiger partial charge in [0.25, 0.3) is 0 Å². The highest BCUT2D eigenvalue weighted by Crippen LogP contribution is 2.21. The van der Waals surface area contributed by atoms with Crippen molar-refractivity contribution in [1.82, 2.24) is 0 Å². The molecule has 19 heavy (non-hydrogen) atoms. The third-order valence-corrected chi connectivity index (χ3v) is 14.9. The van der Waals surface area contributed by atoms with Gasteiger partial charge in [-0.3, -0.25) is 0 Å². The van der Waals surface area contributed by atoms with Gasteiger partial charge in [-0.15, -0.1) is 0 Å². The SMILES string of the molecule is CO[SiH](OC)O[Si](C)(C)O[Si](C)(C)O[Si](C)(C)OC. The number of hydrogen-bond acceptors (Lipinski definition) is 6. The van der Waals surface area contributed by atoms with Gasteiger partial charge in [-0.25, -0.2) is 0 Å². The molecule has 0 fully saturated rings. The topological polar surface area (TPSA) is 55.4 Å². The molecule has 0 radical (unpaired) electrons. The Bertz CT molecular complexity index is 269. The molecular weight excluding hydrogens is 316 g/mol. The monoisotopic (exact) mass is 344 g/mol. The average molecular weight is 345 g/mol. The summed E-state index contributed by atoms with van der Waals surface area (Å²) in [5.74, 6) is 0. The van der Waals surface area contributed by atoms with Crippen LogP contribution in [0.2, 0.25) is 39.3 Å². The van der Waals surface area contributed by atoms with Crippen molar-refractivity contribution in [2.24, 2.45) is 0 Å². The predicted octanol–water partition coefficient (Wildman–Crippen LogP) is 1.80. The van der Waals surface area contributed by atoms with Crippen LogP contribution >= 0.6 is 0 Å². The maximum absolute atomic E-state index is 6.16. The third-order valence-electron chi connectivity index (χ3n) is 2.24. The molecule has 0 N–H and O–H groups in total. The minimum Gasteiger partial charge on any atom is -0.416 e. The number of rotatable bonds is 9. The maximum Gasteiger partial charge on any atom is 0.474 e. The first-order valence-corrected chi connectivity index (χ1v) is 16.0. The zero-order valence-electron chi connectivity index (χ0n) is 13.5. The fourth-order valence-electron chi connectivity index (χ4n) is 1.69. The molecule has 0 rings (SSSR count). The van der Waals surface area contributed by atoms with E-state index >= 15 is 0 Å². The number of hydrogen-bond donors (Lipinski definition) is 0. The summed E-state index contributed by atoms with van der Waals surface area (Å²) in [5.41, 5.74) is 0. The maximum atomic E-state index is 6.16. The van der Waals surface area contributed by atoms with Crippen LogP contribution in [-0.4, -0.2) is 56.5 Å². The summed E-state index contributed by atoms with van der Waals surface area (Å²) in [6, 6.07) is 0. The van der Waals surface area contributed by atoms with Gasteiger partial charge in [0.1, 0.15) is 0 Å². The highest BCUT2D eigenvalue weighted by atomic mass is 28.5. The van der Waals surface area contributed by atoms with Crippen molar-refractivity contribution in [3.05, 3.63) is 0 Å². The summed E-state index contributed by atoms with van der Waals surface area (Å²) < 4.78 is 33.9. The second-order valence-electron chi connectivity index (χ2n) is 5.49. The van der Waals surface area contributed by atoms with Gasteiger partial charge in [0.05, 0.1) is 0 Å². The Labute approximate surface area is 122 Å². The van der Waals surface area contributed by atoms with E-state index in [1.54, 1.807) is 21.3 Å². The van der Waals surface area contributed by atoms with Crippen LogP contribution in [0.5, 0.6) is 0 Å². The highest BCUT2D eigenvalue weighted by Gasteiger charge is 2.42. The minimum atomic E-state index is -2.34. The van der Waals surface area contributed by atoms with Crippen LogP contribution < -0.4 is 0 Å². The van der Waals surface area contributed by atoms with Crippen molar-refractivity contribution in [3.8, 4) is 0 Å². The van der Waals surface area contributed by atoms with Gasteiger partial charge in [0.2, 0.25) is 0 Å². The van der Waals surface area contributed by atoms with E-state index in [0.29, 0.717) is 0 Å². The van der Waals surface area contributed by atoms with Crippen molar-refractivity contribution >= 4 is 35.2 Å². The standard InChI is InChI=1S/C9H28O6Si4/c1-10-16(11-2)13-18(6,7)15-19(8,9)14-17(4,5)12-3/h16H,1-9H3. The van der Waals surface area contributed by atoms with E-state index in [4.69, 9.17) is 25.6 Å². The van der Waals surface area contributed by atoms with Crippen LogP contribution in [0, 0.1) is 0 Å². The molecule has 0 aromatic heterocycles. The largest absolute Gasteiger partial charge is 0.474 e. The van der Waals surface area contributed by atoms with Gasteiger partial charge in [-0.1, -0.05) is 0 Å². The minimum absolute atomic E-state index is 1.59. The second-order valence-corrected chi connectivity index (χ2v) is 18.4. The zero-order valence-corrected chi connectivity index (χ0v) is 17.7. The second kappa shape index (κ2) is 7.58. The van der Waals surface area contributed by atoms with Gasteiger partial charge in [0, 0.05) is 21.3 Å². The molecule has 0 aliphatic carbocycles. The first-order chi connectivity index (χ1) is 8.47. The molecule has 6 nitrogen and oxygen atoms in total. The Balaban J connectivity index is 4.62. The molecule has 0 aliphatic rings. The average Bonchev–Trinajstić information content (AvgIpc) is 2.22. The zero-order chi connectivity index (χ0) is 15.3. The third kappa shape index (κ3) is 8.49. The molecule has 0 aliphatic heterocycles. The Morgan fingerprint density at radius 3 is 1.42 bits per heavy atom. The summed E-state index contributed by atoms with van der Waals surface area (Å²) in [5, 5.41) is 0. The summed E-state index contributed by atoms with van der Waals surface area (Å²) in [6.07, 6.45) is 0. The Morgan fingerprint density at radius 2 is 1.05 bits per heavy atom. The molecular formula is C9H28O6Si4. The van der Waals surface area contributed by atoms with Crippen LogP contribution in [0.25, 0.3) is 0 Å². The molecule has 0 spiro atoms. The van der Waals surface area contributed by atoms with Crippen LogP contribution in [0.1, 0.15) is 0 Å². The molecule has 0 saturated heterocycles. The van der Waals surface area contributed by atoms with Crippen LogP contribution in [-0.2, 0) is 25.6 Å². The smallest absolute Gasteiger partial charge is 0.416 e. The molecule has 0 heterocycles. The quantitative estimate of drug-likeness (QED) is 0.595. The summed E-state index contributed by atoms with van der Waals surface area (Å²) in [7, 11) is -3.99. The normalized spacial score (nSPS) is 14.2. The van der Waals surface area contributed by atoms with Crippen molar-refractivity contribution in [3.63, 3.8) is 0 Å². The van der Waals surface area contributed by atoms with E-state index in [-0.39, 0.29) is 0 Å². The summed E-state index contributed by atoms with van der Waals surface area (Å²) in [6.45, 7) is 12.0. The Kier molecular flexibility index (Phi) is 7.83. The van der Waals surface area contributed by atoms with Crippen LogP contribution in [0.15, 0.2) is 0 Å². The lowest BCUT2D eigenvalue weighted by Crippen LogP contribution is -2.55. The molecule has 0 unspecified atom stereocenters. The van der Waals surface area contributed by atoms with E-state index in [9.17, 15) is 0 Å². The molecule has 0 saturated carbocycles. The van der Waals surface area contributed by atoms with E-state index in [0.717, 1.165) is 0 Å². The summed E-state index contributed by atoms with van der Waals surface area (Å²) in [4.78, 5) is 0. The molecule has 0 aromatic carbocycles. The summed E-state index contributed by atoms with van der Waals surface area (Å²) >= 11 is 0. The van der Waals surface area contributed by atoms with E-state index in [2.05, 4.69) is 0 Å². The van der Waals surface area contributed by atoms with Gasteiger partial charge in [-0.05, 0) is 39.3 Å². The van der Waals surface area contributed by atoms with E-state index < -0.39 is 35.2 Å². The van der Waals surface area contributed by atoms with Gasteiger partial charge in [-0.2, -0.15) is 0 Å². The van der Waals surface area contributed by atoms with Gasteiger partial charge in [0.15, 0.2) is 0 Å². The van der Waals surface area contributed by atoms with Crippen LogP contribution in [0.3, 0.4) is 0 Å². The fourth-order valence-corrected chi connectivity index (χ4v) is 15.5.